The molecule has 1 heterocycles. The van der Waals surface area contributed by atoms with Crippen LogP contribution in [0.5, 0.6) is 5.75 Å². The largest absolute Gasteiger partial charge is 0.490 e. The molecule has 4 nitrogen and oxygen atoms in total. The molecule has 2 fully saturated rings. The molecule has 1 amide bonds. The van der Waals surface area contributed by atoms with Crippen LogP contribution in [0.1, 0.15) is 44.6 Å². The number of carbonyl (C=O) groups is 1. The third kappa shape index (κ3) is 4.71. The minimum absolute atomic E-state index is 0.264. The number of carbonyl (C=O) groups excluding carboxylic acids is 1. The van der Waals surface area contributed by atoms with Crippen LogP contribution in [0.15, 0.2) is 24.3 Å². The molecule has 0 aromatic heterocycles. The van der Waals surface area contributed by atoms with Gasteiger partial charge in [0.15, 0.2) is 0 Å². The van der Waals surface area contributed by atoms with Crippen molar-refractivity contribution >= 4 is 5.91 Å². The SMILES string of the molecule is CC1CN(C(=O)CCc2cccc(OC3CCCC3)c2)CCN1. The van der Waals surface area contributed by atoms with Crippen molar-refractivity contribution in [3.63, 3.8) is 0 Å². The highest BCUT2D eigenvalue weighted by Gasteiger charge is 2.20. The van der Waals surface area contributed by atoms with Crippen molar-refractivity contribution in [1.29, 1.82) is 0 Å². The molecule has 1 aromatic carbocycles. The Morgan fingerprint density at radius 3 is 2.96 bits per heavy atom. The molecular weight excluding hydrogens is 288 g/mol. The fraction of sp³-hybridized carbons (Fsp3) is 0.632. The molecule has 1 unspecified atom stereocenters. The maximum absolute atomic E-state index is 12.3. The third-order valence-corrected chi connectivity index (χ3v) is 4.85. The van der Waals surface area contributed by atoms with Crippen LogP contribution in [0.25, 0.3) is 0 Å². The van der Waals surface area contributed by atoms with E-state index in [1.807, 2.05) is 17.0 Å². The first-order valence-corrected chi connectivity index (χ1v) is 8.97. The fourth-order valence-corrected chi connectivity index (χ4v) is 3.54. The van der Waals surface area contributed by atoms with Gasteiger partial charge in [0.05, 0.1) is 6.10 Å². The van der Waals surface area contributed by atoms with Gasteiger partial charge >= 0.3 is 0 Å². The van der Waals surface area contributed by atoms with Crippen molar-refractivity contribution in [1.82, 2.24) is 10.2 Å². The Morgan fingerprint density at radius 2 is 2.17 bits per heavy atom. The predicted octanol–water partition coefficient (Wildman–Crippen LogP) is 2.76. The van der Waals surface area contributed by atoms with Crippen LogP contribution in [0.4, 0.5) is 0 Å². The lowest BCUT2D eigenvalue weighted by atomic mass is 10.1. The van der Waals surface area contributed by atoms with Crippen LogP contribution < -0.4 is 10.1 Å². The van der Waals surface area contributed by atoms with Gasteiger partial charge in [-0.3, -0.25) is 4.79 Å². The van der Waals surface area contributed by atoms with E-state index >= 15 is 0 Å². The van der Waals surface area contributed by atoms with Crippen LogP contribution in [0, 0.1) is 0 Å². The number of amides is 1. The Hall–Kier alpha value is -1.55. The summed E-state index contributed by atoms with van der Waals surface area (Å²) >= 11 is 0. The first-order chi connectivity index (χ1) is 11.2. The summed E-state index contributed by atoms with van der Waals surface area (Å²) in [7, 11) is 0. The van der Waals surface area contributed by atoms with E-state index in [-0.39, 0.29) is 5.91 Å². The minimum atomic E-state index is 0.264. The van der Waals surface area contributed by atoms with Gasteiger partial charge in [-0.25, -0.2) is 0 Å². The normalized spacial score (nSPS) is 22.3. The van der Waals surface area contributed by atoms with Gasteiger partial charge in [-0.1, -0.05) is 12.1 Å². The van der Waals surface area contributed by atoms with Crippen molar-refractivity contribution < 1.29 is 9.53 Å². The van der Waals surface area contributed by atoms with Crippen molar-refractivity contribution in [2.45, 2.75) is 57.6 Å². The van der Waals surface area contributed by atoms with E-state index in [1.165, 1.54) is 31.2 Å². The molecule has 23 heavy (non-hydrogen) atoms. The van der Waals surface area contributed by atoms with Gasteiger partial charge in [0.25, 0.3) is 0 Å². The Morgan fingerprint density at radius 1 is 1.35 bits per heavy atom. The lowest BCUT2D eigenvalue weighted by Crippen LogP contribution is -2.51. The lowest BCUT2D eigenvalue weighted by Gasteiger charge is -2.32. The zero-order valence-corrected chi connectivity index (χ0v) is 14.1. The molecule has 126 valence electrons. The Bertz CT molecular complexity index is 526. The van der Waals surface area contributed by atoms with E-state index in [4.69, 9.17) is 4.74 Å². The maximum Gasteiger partial charge on any atom is 0.222 e. The van der Waals surface area contributed by atoms with Gasteiger partial charge in [-0.15, -0.1) is 0 Å². The number of rotatable bonds is 5. The number of aryl methyl sites for hydroxylation is 1. The van der Waals surface area contributed by atoms with Gasteiger partial charge in [-0.05, 0) is 56.7 Å². The maximum atomic E-state index is 12.3. The Balaban J connectivity index is 1.50. The van der Waals surface area contributed by atoms with E-state index < -0.39 is 0 Å². The molecule has 1 N–H and O–H groups in total. The Kier molecular flexibility index (Phi) is 5.55. The molecule has 1 aromatic rings. The summed E-state index contributed by atoms with van der Waals surface area (Å²) in [5.74, 6) is 1.22. The number of nitrogens with zero attached hydrogens (tertiary/aromatic N) is 1. The van der Waals surface area contributed by atoms with E-state index in [9.17, 15) is 4.79 Å². The predicted molar refractivity (Wildman–Crippen MR) is 91.7 cm³/mol. The smallest absolute Gasteiger partial charge is 0.222 e. The van der Waals surface area contributed by atoms with Gasteiger partial charge < -0.3 is 15.0 Å². The van der Waals surface area contributed by atoms with E-state index in [0.717, 1.165) is 31.8 Å². The van der Waals surface area contributed by atoms with Gasteiger partial charge in [0.2, 0.25) is 5.91 Å². The first kappa shape index (κ1) is 16.3. The summed E-state index contributed by atoms with van der Waals surface area (Å²) in [6, 6.07) is 8.66. The molecule has 1 aliphatic heterocycles. The average molecular weight is 316 g/mol. The lowest BCUT2D eigenvalue weighted by molar-refractivity contribution is -0.132. The monoisotopic (exact) mass is 316 g/mol. The zero-order chi connectivity index (χ0) is 16.1. The molecular formula is C19H28N2O2. The number of hydrogen-bond acceptors (Lipinski definition) is 3. The zero-order valence-electron chi connectivity index (χ0n) is 14.1. The minimum Gasteiger partial charge on any atom is -0.490 e. The molecule has 1 saturated carbocycles. The fourth-order valence-electron chi connectivity index (χ4n) is 3.54. The standard InChI is InChI=1S/C19H28N2O2/c1-15-14-21(12-11-20-15)19(22)10-9-16-5-4-8-18(13-16)23-17-6-2-3-7-17/h4-5,8,13,15,17,20H,2-3,6-7,9-12,14H2,1H3. The molecule has 0 radical (unpaired) electrons. The average Bonchev–Trinajstić information content (AvgIpc) is 3.06. The molecule has 0 bridgehead atoms. The summed E-state index contributed by atoms with van der Waals surface area (Å²) in [5, 5.41) is 3.37. The van der Waals surface area contributed by atoms with Crippen LogP contribution in [-0.4, -0.2) is 42.6 Å². The third-order valence-electron chi connectivity index (χ3n) is 4.85. The summed E-state index contributed by atoms with van der Waals surface area (Å²) in [6.45, 7) is 4.68. The number of piperazine rings is 1. The van der Waals surface area contributed by atoms with E-state index in [0.29, 0.717) is 18.6 Å². The van der Waals surface area contributed by atoms with Crippen LogP contribution in [0.2, 0.25) is 0 Å². The molecule has 0 spiro atoms. The van der Waals surface area contributed by atoms with E-state index in [1.54, 1.807) is 0 Å². The van der Waals surface area contributed by atoms with Crippen molar-refractivity contribution in [2.24, 2.45) is 0 Å². The summed E-state index contributed by atoms with van der Waals surface area (Å²) < 4.78 is 6.05. The summed E-state index contributed by atoms with van der Waals surface area (Å²) in [5.41, 5.74) is 1.19. The quantitative estimate of drug-likeness (QED) is 0.908. The number of ether oxygens (including phenoxy) is 1. The highest BCUT2D eigenvalue weighted by Crippen LogP contribution is 2.24. The summed E-state index contributed by atoms with van der Waals surface area (Å²) in [6.07, 6.45) is 6.66. The van der Waals surface area contributed by atoms with Gasteiger partial charge in [0.1, 0.15) is 5.75 Å². The second-order valence-electron chi connectivity index (χ2n) is 6.87. The van der Waals surface area contributed by atoms with Crippen molar-refractivity contribution in [3.8, 4) is 5.75 Å². The van der Waals surface area contributed by atoms with Crippen LogP contribution in [0.3, 0.4) is 0 Å². The van der Waals surface area contributed by atoms with Crippen LogP contribution in [-0.2, 0) is 11.2 Å². The molecule has 3 rings (SSSR count). The van der Waals surface area contributed by atoms with Crippen LogP contribution >= 0.6 is 0 Å². The molecule has 4 heteroatoms. The second kappa shape index (κ2) is 7.82. The molecule has 2 aliphatic rings. The van der Waals surface area contributed by atoms with E-state index in [2.05, 4.69) is 24.4 Å². The number of hydrogen-bond donors (Lipinski definition) is 1. The topological polar surface area (TPSA) is 41.6 Å². The second-order valence-corrected chi connectivity index (χ2v) is 6.87. The van der Waals surface area contributed by atoms with Crippen molar-refractivity contribution in [3.05, 3.63) is 29.8 Å². The van der Waals surface area contributed by atoms with Gasteiger partial charge in [-0.2, -0.15) is 0 Å². The molecule has 1 aliphatic carbocycles. The highest BCUT2D eigenvalue weighted by molar-refractivity contribution is 5.76. The van der Waals surface area contributed by atoms with Crippen molar-refractivity contribution in [2.75, 3.05) is 19.6 Å². The summed E-state index contributed by atoms with van der Waals surface area (Å²) in [4.78, 5) is 14.3. The van der Waals surface area contributed by atoms with Gasteiger partial charge in [0, 0.05) is 32.1 Å². The molecule has 1 saturated heterocycles. The number of nitrogens with one attached hydrogen (secondary N) is 1. The molecule has 1 atom stereocenters. The number of benzene rings is 1. The Labute approximate surface area is 139 Å². The highest BCUT2D eigenvalue weighted by atomic mass is 16.5. The first-order valence-electron chi connectivity index (χ1n) is 8.97.